The summed E-state index contributed by atoms with van der Waals surface area (Å²) in [5.74, 6) is -1.39. The Balaban J connectivity index is 1.58. The summed E-state index contributed by atoms with van der Waals surface area (Å²) in [4.78, 5) is 29.2. The van der Waals surface area contributed by atoms with Crippen LogP contribution in [0.15, 0.2) is 84.0 Å². The van der Waals surface area contributed by atoms with E-state index < -0.39 is 29.7 Å². The maximum absolute atomic E-state index is 12.9. The summed E-state index contributed by atoms with van der Waals surface area (Å²) in [5, 5.41) is 10.3. The number of rotatable bonds is 6. The van der Waals surface area contributed by atoms with Gasteiger partial charge < -0.3 is 14.6 Å². The first-order valence-electron chi connectivity index (χ1n) is 9.79. The molecular weight excluding hydrogens is 455 g/mol. The van der Waals surface area contributed by atoms with Crippen molar-refractivity contribution in [2.24, 2.45) is 0 Å². The van der Waals surface area contributed by atoms with E-state index in [2.05, 4.69) is 9.72 Å². The fourth-order valence-electron chi connectivity index (χ4n) is 3.18. The van der Waals surface area contributed by atoms with Gasteiger partial charge in [0.05, 0.1) is 30.2 Å². The van der Waals surface area contributed by atoms with E-state index in [1.54, 1.807) is 36.4 Å². The smallest absolute Gasteiger partial charge is 0.493 e. The van der Waals surface area contributed by atoms with Gasteiger partial charge in [-0.3, -0.25) is 9.55 Å². The Kier molecular flexibility index (Phi) is 6.09. The molecule has 4 rings (SSSR count). The largest absolute Gasteiger partial charge is 0.573 e. The molecule has 0 fully saturated rings. The number of esters is 1. The summed E-state index contributed by atoms with van der Waals surface area (Å²) in [7, 11) is 0. The van der Waals surface area contributed by atoms with E-state index in [0.29, 0.717) is 11.1 Å². The van der Waals surface area contributed by atoms with Gasteiger partial charge in [0.2, 0.25) is 5.88 Å². The lowest BCUT2D eigenvalue weighted by molar-refractivity contribution is -0.274. The van der Waals surface area contributed by atoms with E-state index in [1.165, 1.54) is 24.5 Å². The number of halogens is 3. The fourth-order valence-corrected chi connectivity index (χ4v) is 3.18. The molecule has 2 aromatic carbocycles. The predicted molar refractivity (Wildman–Crippen MR) is 113 cm³/mol. The van der Waals surface area contributed by atoms with Gasteiger partial charge in [-0.2, -0.15) is 0 Å². The van der Waals surface area contributed by atoms with Crippen LogP contribution in [0.3, 0.4) is 0 Å². The highest BCUT2D eigenvalue weighted by Gasteiger charge is 2.31. The number of alkyl halides is 3. The van der Waals surface area contributed by atoms with Crippen molar-refractivity contribution in [1.82, 2.24) is 14.1 Å². The zero-order valence-corrected chi connectivity index (χ0v) is 17.3. The van der Waals surface area contributed by atoms with Crippen molar-refractivity contribution in [2.75, 3.05) is 0 Å². The second-order valence-corrected chi connectivity index (χ2v) is 7.01. The summed E-state index contributed by atoms with van der Waals surface area (Å²) >= 11 is 0. The minimum atomic E-state index is -4.85. The standard InChI is InChI=1S/C23H16F3N3O5/c24-23(25,26)34-18-8-6-17(7-9-18)29-20(30)14-28(22(29)32)13-16-10-11-27-12-19(16)33-21(31)15-4-2-1-3-5-15/h1-12,14,30H,13H2. The molecule has 4 aromatic rings. The topological polar surface area (TPSA) is 95.6 Å². The highest BCUT2D eigenvalue weighted by Crippen LogP contribution is 2.25. The number of benzene rings is 2. The van der Waals surface area contributed by atoms with Gasteiger partial charge in [-0.05, 0) is 42.5 Å². The first-order chi connectivity index (χ1) is 16.2. The number of ether oxygens (including phenoxy) is 2. The van der Waals surface area contributed by atoms with Gasteiger partial charge in [0, 0.05) is 11.8 Å². The number of hydrogen-bond acceptors (Lipinski definition) is 6. The Hall–Kier alpha value is -4.54. The van der Waals surface area contributed by atoms with Crippen molar-refractivity contribution in [3.63, 3.8) is 0 Å². The third-order valence-corrected chi connectivity index (χ3v) is 4.69. The van der Waals surface area contributed by atoms with Crippen molar-refractivity contribution in [2.45, 2.75) is 12.9 Å². The summed E-state index contributed by atoms with van der Waals surface area (Å²) in [6.45, 7) is -0.0748. The molecule has 0 amide bonds. The van der Waals surface area contributed by atoms with Crippen molar-refractivity contribution >= 4 is 5.97 Å². The maximum atomic E-state index is 12.9. The first kappa shape index (κ1) is 22.6. The molecule has 34 heavy (non-hydrogen) atoms. The van der Waals surface area contributed by atoms with Gasteiger partial charge in [0.15, 0.2) is 5.75 Å². The van der Waals surface area contributed by atoms with Crippen LogP contribution in [0.2, 0.25) is 0 Å². The van der Waals surface area contributed by atoms with Crippen molar-refractivity contribution in [1.29, 1.82) is 0 Å². The van der Waals surface area contributed by atoms with E-state index in [9.17, 15) is 27.9 Å². The molecule has 0 spiro atoms. The van der Waals surface area contributed by atoms with Crippen molar-refractivity contribution in [3.05, 3.63) is 101 Å². The molecule has 1 N–H and O–H groups in total. The minimum absolute atomic E-state index is 0.0748. The van der Waals surface area contributed by atoms with Gasteiger partial charge in [0.1, 0.15) is 5.75 Å². The zero-order valence-electron chi connectivity index (χ0n) is 17.3. The normalized spacial score (nSPS) is 11.3. The lowest BCUT2D eigenvalue weighted by Crippen LogP contribution is -2.24. The van der Waals surface area contributed by atoms with E-state index >= 15 is 0 Å². The number of aromatic nitrogens is 3. The summed E-state index contributed by atoms with van der Waals surface area (Å²) < 4.78 is 48.4. The molecule has 0 saturated heterocycles. The molecule has 8 nitrogen and oxygen atoms in total. The molecular formula is C23H16F3N3O5. The predicted octanol–water partition coefficient (Wildman–Crippen LogP) is 3.91. The zero-order chi connectivity index (χ0) is 24.3. The molecule has 0 bridgehead atoms. The Morgan fingerprint density at radius 2 is 1.74 bits per heavy atom. The second-order valence-electron chi connectivity index (χ2n) is 7.01. The molecule has 0 aliphatic rings. The molecule has 174 valence electrons. The van der Waals surface area contributed by atoms with Crippen LogP contribution in [0, 0.1) is 0 Å². The number of hydrogen-bond donors (Lipinski definition) is 1. The molecule has 2 aromatic heterocycles. The second kappa shape index (κ2) is 9.14. The number of imidazole rings is 1. The molecule has 0 radical (unpaired) electrons. The van der Waals surface area contributed by atoms with Crippen LogP contribution in [-0.2, 0) is 6.54 Å². The third-order valence-electron chi connectivity index (χ3n) is 4.69. The van der Waals surface area contributed by atoms with Gasteiger partial charge in [-0.25, -0.2) is 14.2 Å². The van der Waals surface area contributed by atoms with Crippen LogP contribution in [0.5, 0.6) is 17.4 Å². The van der Waals surface area contributed by atoms with Gasteiger partial charge in [0.25, 0.3) is 0 Å². The minimum Gasteiger partial charge on any atom is -0.493 e. The molecule has 0 unspecified atom stereocenters. The molecule has 2 heterocycles. The lowest BCUT2D eigenvalue weighted by atomic mass is 10.2. The monoisotopic (exact) mass is 471 g/mol. The van der Waals surface area contributed by atoms with Crippen molar-refractivity contribution < 1.29 is 32.5 Å². The third kappa shape index (κ3) is 5.09. The number of pyridine rings is 1. The van der Waals surface area contributed by atoms with E-state index in [-0.39, 0.29) is 18.0 Å². The van der Waals surface area contributed by atoms with Crippen LogP contribution in [0.1, 0.15) is 15.9 Å². The molecule has 0 aliphatic heterocycles. The molecule has 0 aliphatic carbocycles. The number of nitrogens with zero attached hydrogens (tertiary/aromatic N) is 3. The summed E-state index contributed by atoms with van der Waals surface area (Å²) in [6, 6.07) is 14.3. The summed E-state index contributed by atoms with van der Waals surface area (Å²) in [5.41, 5.74) is 0.226. The Morgan fingerprint density at radius 3 is 2.41 bits per heavy atom. The Morgan fingerprint density at radius 1 is 1.03 bits per heavy atom. The highest BCUT2D eigenvalue weighted by molar-refractivity contribution is 5.91. The van der Waals surface area contributed by atoms with E-state index in [4.69, 9.17) is 4.74 Å². The molecule has 11 heteroatoms. The van der Waals surface area contributed by atoms with E-state index in [0.717, 1.165) is 27.5 Å². The first-order valence-corrected chi connectivity index (χ1v) is 9.79. The quantitative estimate of drug-likeness (QED) is 0.429. The number of carbonyl (C=O) groups is 1. The Bertz CT molecular complexity index is 1360. The highest BCUT2D eigenvalue weighted by atomic mass is 19.4. The molecule has 0 atom stereocenters. The van der Waals surface area contributed by atoms with Crippen LogP contribution >= 0.6 is 0 Å². The average Bonchev–Trinajstić information content (AvgIpc) is 3.08. The summed E-state index contributed by atoms with van der Waals surface area (Å²) in [6.07, 6.45) is -0.907. The van der Waals surface area contributed by atoms with Gasteiger partial charge in [-0.15, -0.1) is 13.2 Å². The Labute approximate surface area is 190 Å². The van der Waals surface area contributed by atoms with E-state index in [1.807, 2.05) is 0 Å². The number of carbonyl (C=O) groups excluding carboxylic acids is 1. The van der Waals surface area contributed by atoms with Crippen molar-refractivity contribution in [3.8, 4) is 23.1 Å². The van der Waals surface area contributed by atoms with Gasteiger partial charge in [-0.1, -0.05) is 18.2 Å². The lowest BCUT2D eigenvalue weighted by Gasteiger charge is -2.10. The fraction of sp³-hybridized carbons (Fsp3) is 0.0870. The number of aromatic hydroxyl groups is 1. The maximum Gasteiger partial charge on any atom is 0.573 e. The molecule has 0 saturated carbocycles. The van der Waals surface area contributed by atoms with Crippen LogP contribution in [-0.4, -0.2) is 31.6 Å². The van der Waals surface area contributed by atoms with Crippen LogP contribution in [0.25, 0.3) is 5.69 Å². The average molecular weight is 471 g/mol. The van der Waals surface area contributed by atoms with Crippen LogP contribution in [0.4, 0.5) is 13.2 Å². The SMILES string of the molecule is O=C(Oc1cnccc1Cn1cc(O)n(-c2ccc(OC(F)(F)F)cc2)c1=O)c1ccccc1. The van der Waals surface area contributed by atoms with Crippen LogP contribution < -0.4 is 15.2 Å². The van der Waals surface area contributed by atoms with Gasteiger partial charge >= 0.3 is 18.0 Å².